The van der Waals surface area contributed by atoms with Gasteiger partial charge in [0.25, 0.3) is 0 Å². The fraction of sp³-hybridized carbons (Fsp3) is 0.304. The van der Waals surface area contributed by atoms with Gasteiger partial charge in [0.2, 0.25) is 5.91 Å². The van der Waals surface area contributed by atoms with Crippen LogP contribution >= 0.6 is 0 Å². The fourth-order valence-corrected chi connectivity index (χ4v) is 3.36. The van der Waals surface area contributed by atoms with Gasteiger partial charge in [0.1, 0.15) is 0 Å². The summed E-state index contributed by atoms with van der Waals surface area (Å²) in [5, 5.41) is 7.54. The maximum atomic E-state index is 13.9. The van der Waals surface area contributed by atoms with Crippen LogP contribution in [0.1, 0.15) is 22.5 Å². The Morgan fingerprint density at radius 1 is 1.17 bits per heavy atom. The minimum atomic E-state index is -0.414. The topological polar surface area (TPSA) is 59.4 Å². The molecule has 1 heterocycles. The van der Waals surface area contributed by atoms with E-state index >= 15 is 0 Å². The summed E-state index contributed by atoms with van der Waals surface area (Å²) in [5.74, 6) is -0.362. The van der Waals surface area contributed by atoms with Crippen LogP contribution in [0.4, 0.5) is 10.1 Å². The van der Waals surface area contributed by atoms with Crippen molar-refractivity contribution in [1.82, 2.24) is 14.7 Å². The minimum absolute atomic E-state index is 0.152. The fourth-order valence-electron chi connectivity index (χ4n) is 3.36. The van der Waals surface area contributed by atoms with Gasteiger partial charge in [-0.05, 0) is 57.6 Å². The van der Waals surface area contributed by atoms with Gasteiger partial charge in [0, 0.05) is 6.54 Å². The highest BCUT2D eigenvalue weighted by molar-refractivity contribution is 5.93. The number of carbonyl (C=O) groups excluding carboxylic acids is 1. The molecule has 3 rings (SSSR count). The highest BCUT2D eigenvalue weighted by atomic mass is 19.1. The molecule has 6 nitrogen and oxygen atoms in total. The van der Waals surface area contributed by atoms with E-state index in [4.69, 9.17) is 4.74 Å². The molecule has 1 N–H and O–H groups in total. The Kier molecular flexibility index (Phi) is 6.52. The molecule has 1 aromatic heterocycles. The Balaban J connectivity index is 1.66. The van der Waals surface area contributed by atoms with Crippen molar-refractivity contribution in [2.24, 2.45) is 0 Å². The van der Waals surface area contributed by atoms with E-state index in [1.807, 2.05) is 61.7 Å². The van der Waals surface area contributed by atoms with Gasteiger partial charge < -0.3 is 10.1 Å². The summed E-state index contributed by atoms with van der Waals surface area (Å²) >= 11 is 0. The van der Waals surface area contributed by atoms with Crippen LogP contribution in [0.2, 0.25) is 0 Å². The van der Waals surface area contributed by atoms with E-state index < -0.39 is 5.82 Å². The smallest absolute Gasteiger partial charge is 0.238 e. The van der Waals surface area contributed by atoms with Crippen LogP contribution in [-0.2, 0) is 11.3 Å². The lowest BCUT2D eigenvalue weighted by molar-refractivity contribution is -0.117. The molecule has 1 amide bonds. The van der Waals surface area contributed by atoms with E-state index in [0.717, 1.165) is 22.6 Å². The predicted molar refractivity (Wildman–Crippen MR) is 116 cm³/mol. The third kappa shape index (κ3) is 4.86. The summed E-state index contributed by atoms with van der Waals surface area (Å²) in [6, 6.07) is 12.9. The average molecular weight is 410 g/mol. The zero-order chi connectivity index (χ0) is 21.8. The molecular formula is C23H27FN4O2. The predicted octanol–water partition coefficient (Wildman–Crippen LogP) is 4.02. The number of nitrogens with zero attached hydrogens (tertiary/aromatic N) is 3. The Hall–Kier alpha value is -3.19. The van der Waals surface area contributed by atoms with E-state index in [9.17, 15) is 9.18 Å². The first-order valence-electron chi connectivity index (χ1n) is 9.72. The maximum absolute atomic E-state index is 13.9. The van der Waals surface area contributed by atoms with Crippen LogP contribution in [0.25, 0.3) is 5.69 Å². The van der Waals surface area contributed by atoms with Gasteiger partial charge in [-0.3, -0.25) is 9.69 Å². The number of anilines is 1. The van der Waals surface area contributed by atoms with Crippen molar-refractivity contribution in [3.05, 3.63) is 70.8 Å². The first-order valence-corrected chi connectivity index (χ1v) is 9.72. The average Bonchev–Trinajstić information content (AvgIpc) is 2.97. The van der Waals surface area contributed by atoms with Gasteiger partial charge in [0.15, 0.2) is 11.6 Å². The second-order valence-corrected chi connectivity index (χ2v) is 7.48. The molecule has 0 bridgehead atoms. The van der Waals surface area contributed by atoms with E-state index in [0.29, 0.717) is 12.2 Å². The Labute approximate surface area is 176 Å². The van der Waals surface area contributed by atoms with Gasteiger partial charge >= 0.3 is 0 Å². The summed E-state index contributed by atoms with van der Waals surface area (Å²) in [6.45, 7) is 6.45. The molecule has 0 atom stereocenters. The lowest BCUT2D eigenvalue weighted by Gasteiger charge is -2.17. The van der Waals surface area contributed by atoms with Crippen molar-refractivity contribution in [2.45, 2.75) is 27.3 Å². The number of amides is 1. The highest BCUT2D eigenvalue weighted by Gasteiger charge is 2.16. The van der Waals surface area contributed by atoms with Crippen LogP contribution in [0, 0.1) is 26.6 Å². The Bertz CT molecular complexity index is 1040. The molecule has 0 radical (unpaired) electrons. The lowest BCUT2D eigenvalue weighted by Crippen LogP contribution is -2.30. The molecular weight excluding hydrogens is 383 g/mol. The number of aromatic nitrogens is 2. The molecule has 7 heteroatoms. The highest BCUT2D eigenvalue weighted by Crippen LogP contribution is 2.23. The molecule has 0 spiro atoms. The zero-order valence-electron chi connectivity index (χ0n) is 18.0. The summed E-state index contributed by atoms with van der Waals surface area (Å²) in [6.07, 6.45) is 0. The maximum Gasteiger partial charge on any atom is 0.238 e. The zero-order valence-corrected chi connectivity index (χ0v) is 18.0. The number of nitrogens with one attached hydrogen (secondary N) is 1. The van der Waals surface area contributed by atoms with Crippen molar-refractivity contribution < 1.29 is 13.9 Å². The van der Waals surface area contributed by atoms with Crippen LogP contribution < -0.4 is 10.1 Å². The van der Waals surface area contributed by atoms with E-state index in [1.165, 1.54) is 18.7 Å². The van der Waals surface area contributed by atoms with Gasteiger partial charge in [0.05, 0.1) is 36.4 Å². The molecule has 3 aromatic rings. The van der Waals surface area contributed by atoms with E-state index in [2.05, 4.69) is 10.4 Å². The summed E-state index contributed by atoms with van der Waals surface area (Å²) in [7, 11) is 3.25. The number of hydrogen-bond acceptors (Lipinski definition) is 4. The Morgan fingerprint density at radius 2 is 1.87 bits per heavy atom. The minimum Gasteiger partial charge on any atom is -0.494 e. The quantitative estimate of drug-likeness (QED) is 0.639. The number of rotatable bonds is 7. The number of aryl methyl sites for hydroxylation is 2. The van der Waals surface area contributed by atoms with Gasteiger partial charge in [-0.25, -0.2) is 9.07 Å². The van der Waals surface area contributed by atoms with Crippen LogP contribution in [0.5, 0.6) is 5.75 Å². The molecule has 0 aliphatic heterocycles. The third-order valence-corrected chi connectivity index (χ3v) is 4.92. The van der Waals surface area contributed by atoms with Crippen LogP contribution in [-0.4, -0.2) is 41.3 Å². The third-order valence-electron chi connectivity index (χ3n) is 4.92. The largest absolute Gasteiger partial charge is 0.494 e. The molecule has 2 aromatic carbocycles. The van der Waals surface area contributed by atoms with Crippen LogP contribution in [0.15, 0.2) is 42.5 Å². The second-order valence-electron chi connectivity index (χ2n) is 7.48. The number of hydrogen-bond donors (Lipinski definition) is 1. The monoisotopic (exact) mass is 410 g/mol. The van der Waals surface area contributed by atoms with Gasteiger partial charge in [-0.2, -0.15) is 5.10 Å². The van der Waals surface area contributed by atoms with Gasteiger partial charge in [-0.15, -0.1) is 0 Å². The standard InChI is InChI=1S/C23H27FN4O2/c1-15-6-9-19(10-7-15)28-17(3)23(16(2)26-28)25-22(29)14-27(4)13-18-8-11-21(30-5)20(24)12-18/h6-12H,13-14H2,1-5H3,(H,25,29). The number of ether oxygens (including phenoxy) is 1. The van der Waals surface area contributed by atoms with Crippen LogP contribution in [0.3, 0.4) is 0 Å². The normalized spacial score (nSPS) is 11.0. The molecule has 30 heavy (non-hydrogen) atoms. The molecule has 0 unspecified atom stereocenters. The van der Waals surface area contributed by atoms with Crippen molar-refractivity contribution in [3.8, 4) is 11.4 Å². The van der Waals surface area contributed by atoms with Crippen molar-refractivity contribution in [3.63, 3.8) is 0 Å². The van der Waals surface area contributed by atoms with Gasteiger partial charge in [-0.1, -0.05) is 23.8 Å². The number of halogens is 1. The summed E-state index contributed by atoms with van der Waals surface area (Å²) < 4.78 is 20.6. The first kappa shape index (κ1) is 21.5. The number of benzene rings is 2. The SMILES string of the molecule is COc1ccc(CN(C)CC(=O)Nc2c(C)nn(-c3ccc(C)cc3)c2C)cc1F. The molecule has 0 aliphatic rings. The molecule has 158 valence electrons. The number of carbonyl (C=O) groups is 1. The van der Waals surface area contributed by atoms with E-state index in [1.54, 1.807) is 12.1 Å². The number of methoxy groups -OCH3 is 1. The van der Waals surface area contributed by atoms with Crippen molar-refractivity contribution in [1.29, 1.82) is 0 Å². The Morgan fingerprint density at radius 3 is 2.50 bits per heavy atom. The molecule has 0 saturated carbocycles. The molecule has 0 fully saturated rings. The molecule has 0 aliphatic carbocycles. The molecule has 0 saturated heterocycles. The number of likely N-dealkylation sites (N-methyl/N-ethyl adjacent to an activating group) is 1. The van der Waals surface area contributed by atoms with Crippen molar-refractivity contribution in [2.75, 3.05) is 26.0 Å². The second kappa shape index (κ2) is 9.09. The summed E-state index contributed by atoms with van der Waals surface area (Å²) in [4.78, 5) is 14.4. The first-order chi connectivity index (χ1) is 14.3. The van der Waals surface area contributed by atoms with E-state index in [-0.39, 0.29) is 18.2 Å². The van der Waals surface area contributed by atoms with Crippen molar-refractivity contribution >= 4 is 11.6 Å². The lowest BCUT2D eigenvalue weighted by atomic mass is 10.2. The summed E-state index contributed by atoms with van der Waals surface area (Å²) in [5.41, 5.74) is 5.22.